The van der Waals surface area contributed by atoms with Crippen molar-refractivity contribution >= 4 is 29.1 Å². The van der Waals surface area contributed by atoms with Crippen molar-refractivity contribution in [3.63, 3.8) is 0 Å². The molecule has 1 fully saturated rings. The highest BCUT2D eigenvalue weighted by Gasteiger charge is 2.46. The topological polar surface area (TPSA) is 98.4 Å². The van der Waals surface area contributed by atoms with Crippen molar-refractivity contribution in [3.05, 3.63) is 118 Å². The fourth-order valence-corrected chi connectivity index (χ4v) is 4.88. The second-order valence-corrected chi connectivity index (χ2v) is 9.44. The maximum Gasteiger partial charge on any atom is 0.296 e. The number of ketones is 1. The summed E-state index contributed by atoms with van der Waals surface area (Å²) < 4.78 is 22.1. The number of hydrogen-bond donors (Lipinski definition) is 1. The Kier molecular flexibility index (Phi) is 7.79. The lowest BCUT2D eigenvalue weighted by Gasteiger charge is -2.25. The number of furan rings is 1. The van der Waals surface area contributed by atoms with E-state index >= 15 is 0 Å². The number of hydrogen-bond acceptors (Lipinski definition) is 7. The molecule has 1 N–H and O–H groups in total. The first-order valence-electron chi connectivity index (χ1n) is 12.4. The van der Waals surface area contributed by atoms with E-state index in [1.54, 1.807) is 36.4 Å². The number of nitrogens with zero attached hydrogens (tertiary/aromatic N) is 1. The smallest absolute Gasteiger partial charge is 0.296 e. The Balaban J connectivity index is 1.56. The third-order valence-corrected chi connectivity index (χ3v) is 6.91. The van der Waals surface area contributed by atoms with Crippen molar-refractivity contribution in [2.75, 3.05) is 14.2 Å². The van der Waals surface area contributed by atoms with Gasteiger partial charge in [-0.2, -0.15) is 0 Å². The zero-order chi connectivity index (χ0) is 28.2. The average Bonchev–Trinajstić information content (AvgIpc) is 3.59. The molecule has 3 aromatic carbocycles. The van der Waals surface area contributed by atoms with Gasteiger partial charge in [0.2, 0.25) is 0 Å². The van der Waals surface area contributed by atoms with Gasteiger partial charge in [0.1, 0.15) is 35.4 Å². The number of aliphatic hydroxyl groups is 1. The third-order valence-electron chi connectivity index (χ3n) is 6.62. The van der Waals surface area contributed by atoms with Crippen molar-refractivity contribution in [1.29, 1.82) is 0 Å². The van der Waals surface area contributed by atoms with Crippen LogP contribution in [0.1, 0.15) is 28.5 Å². The van der Waals surface area contributed by atoms with Gasteiger partial charge in [-0.3, -0.25) is 9.59 Å². The number of methoxy groups -OCH3 is 2. The fourth-order valence-electron chi connectivity index (χ4n) is 4.64. The second-order valence-electron chi connectivity index (χ2n) is 9.04. The summed E-state index contributed by atoms with van der Waals surface area (Å²) in [5, 5.41) is 11.7. The van der Waals surface area contributed by atoms with E-state index in [4.69, 9.17) is 30.2 Å². The Morgan fingerprint density at radius 1 is 0.950 bits per heavy atom. The molecule has 1 saturated heterocycles. The molecule has 0 bridgehead atoms. The Bertz CT molecular complexity index is 1550. The minimum Gasteiger partial charge on any atom is -0.507 e. The van der Waals surface area contributed by atoms with E-state index in [0.29, 0.717) is 29.4 Å². The molecular formula is C31H26ClNO7. The number of ether oxygens (including phenoxy) is 3. The Morgan fingerprint density at radius 3 is 2.33 bits per heavy atom. The summed E-state index contributed by atoms with van der Waals surface area (Å²) in [6, 6.07) is 22.2. The van der Waals surface area contributed by atoms with Gasteiger partial charge in [-0.15, -0.1) is 0 Å². The Labute approximate surface area is 236 Å². The number of benzene rings is 3. The van der Waals surface area contributed by atoms with Gasteiger partial charge in [-0.25, -0.2) is 0 Å². The number of rotatable bonds is 9. The molecule has 1 aliphatic rings. The van der Waals surface area contributed by atoms with Gasteiger partial charge < -0.3 is 28.6 Å². The third kappa shape index (κ3) is 5.26. The first-order valence-corrected chi connectivity index (χ1v) is 12.8. The number of likely N-dealkylation sites (tertiary alicyclic amines) is 1. The summed E-state index contributed by atoms with van der Waals surface area (Å²) in [6.45, 7) is 0.404. The maximum atomic E-state index is 13.4. The van der Waals surface area contributed by atoms with E-state index in [1.165, 1.54) is 37.5 Å². The van der Waals surface area contributed by atoms with Crippen LogP contribution in [0.3, 0.4) is 0 Å². The van der Waals surface area contributed by atoms with Crippen LogP contribution < -0.4 is 14.2 Å². The normalized spacial score (nSPS) is 16.3. The molecule has 0 spiro atoms. The number of Topliss-reactive ketones (excluding diaryl/α,β-unsaturated/α-hetero) is 1. The van der Waals surface area contributed by atoms with Crippen LogP contribution in [0.5, 0.6) is 17.2 Å². The van der Waals surface area contributed by atoms with E-state index in [2.05, 4.69) is 0 Å². The first kappa shape index (κ1) is 26.9. The van der Waals surface area contributed by atoms with Gasteiger partial charge >= 0.3 is 0 Å². The van der Waals surface area contributed by atoms with E-state index in [9.17, 15) is 14.7 Å². The van der Waals surface area contributed by atoms with Crippen molar-refractivity contribution in [2.24, 2.45) is 0 Å². The molecule has 0 aliphatic carbocycles. The second kappa shape index (κ2) is 11.6. The summed E-state index contributed by atoms with van der Waals surface area (Å²) in [6.07, 6.45) is 1.49. The molecular weight excluding hydrogens is 534 g/mol. The van der Waals surface area contributed by atoms with Gasteiger partial charge in [0.25, 0.3) is 11.7 Å². The predicted octanol–water partition coefficient (Wildman–Crippen LogP) is 6.15. The molecule has 1 unspecified atom stereocenters. The monoisotopic (exact) mass is 559 g/mol. The van der Waals surface area contributed by atoms with Gasteiger partial charge in [0.15, 0.2) is 0 Å². The molecule has 204 valence electrons. The van der Waals surface area contributed by atoms with Gasteiger partial charge in [0.05, 0.1) is 49.2 Å². The molecule has 1 aromatic heterocycles. The van der Waals surface area contributed by atoms with E-state index in [1.807, 2.05) is 30.3 Å². The van der Waals surface area contributed by atoms with Crippen LogP contribution in [0.25, 0.3) is 5.76 Å². The van der Waals surface area contributed by atoms with Crippen molar-refractivity contribution < 1.29 is 33.3 Å². The minimum absolute atomic E-state index is 0.0196. The molecule has 2 heterocycles. The number of carbonyl (C=O) groups is 2. The zero-order valence-electron chi connectivity index (χ0n) is 21.8. The lowest BCUT2D eigenvalue weighted by molar-refractivity contribution is -0.140. The molecule has 0 radical (unpaired) electrons. The number of amides is 1. The van der Waals surface area contributed by atoms with Crippen LogP contribution >= 0.6 is 11.6 Å². The van der Waals surface area contributed by atoms with Crippen LogP contribution in [0, 0.1) is 0 Å². The maximum absolute atomic E-state index is 13.4. The van der Waals surface area contributed by atoms with Crippen LogP contribution in [0.2, 0.25) is 5.02 Å². The molecule has 8 nitrogen and oxygen atoms in total. The number of halogens is 1. The molecule has 1 atom stereocenters. The summed E-state index contributed by atoms with van der Waals surface area (Å²) in [5.41, 5.74) is 1.66. The fraction of sp³-hybridized carbons (Fsp3) is 0.161. The molecule has 9 heteroatoms. The summed E-state index contributed by atoms with van der Waals surface area (Å²) >= 11 is 6.34. The standard InChI is InChI=1S/C31H26ClNO7/c1-37-25-16-26(38-2)24(32)15-23(25)29(34)27-28(33(31(36)30(27)35)17-22-9-6-14-39-22)20-10-12-21(13-11-20)40-18-19-7-4-3-5-8-19/h3-16,28,34H,17-18H2,1-2H3/b29-27+. The molecule has 1 aliphatic heterocycles. The lowest BCUT2D eigenvalue weighted by atomic mass is 9.94. The minimum atomic E-state index is -0.918. The molecule has 4 aromatic rings. The summed E-state index contributed by atoms with van der Waals surface area (Å²) in [4.78, 5) is 28.1. The Morgan fingerprint density at radius 2 is 1.68 bits per heavy atom. The van der Waals surface area contributed by atoms with Crippen molar-refractivity contribution in [1.82, 2.24) is 4.90 Å². The van der Waals surface area contributed by atoms with Crippen LogP contribution in [-0.4, -0.2) is 35.9 Å². The first-order chi connectivity index (χ1) is 19.4. The highest BCUT2D eigenvalue weighted by Crippen LogP contribution is 2.43. The van der Waals surface area contributed by atoms with Crippen LogP contribution in [0.4, 0.5) is 0 Å². The van der Waals surface area contributed by atoms with Gasteiger partial charge in [-0.05, 0) is 41.5 Å². The molecule has 1 amide bonds. The van der Waals surface area contributed by atoms with Crippen molar-refractivity contribution in [2.45, 2.75) is 19.2 Å². The highest BCUT2D eigenvalue weighted by atomic mass is 35.5. The Hall–Kier alpha value is -4.69. The summed E-state index contributed by atoms with van der Waals surface area (Å²) in [7, 11) is 2.87. The SMILES string of the molecule is COc1cc(OC)c(/C(O)=C2\C(=O)C(=O)N(Cc3ccco3)C2c2ccc(OCc3ccccc3)cc2)cc1Cl. The quantitative estimate of drug-likeness (QED) is 0.149. The van der Waals surface area contributed by atoms with E-state index < -0.39 is 23.5 Å². The molecule has 5 rings (SSSR count). The number of aliphatic hydroxyl groups excluding tert-OH is 1. The largest absolute Gasteiger partial charge is 0.507 e. The molecule has 40 heavy (non-hydrogen) atoms. The highest BCUT2D eigenvalue weighted by molar-refractivity contribution is 6.46. The average molecular weight is 560 g/mol. The predicted molar refractivity (Wildman–Crippen MR) is 148 cm³/mol. The van der Waals surface area contributed by atoms with Crippen LogP contribution in [-0.2, 0) is 22.7 Å². The summed E-state index contributed by atoms with van der Waals surface area (Å²) in [5.74, 6) is -0.385. The van der Waals surface area contributed by atoms with Gasteiger partial charge in [-0.1, -0.05) is 54.1 Å². The number of carbonyl (C=O) groups excluding carboxylic acids is 2. The van der Waals surface area contributed by atoms with Crippen molar-refractivity contribution in [3.8, 4) is 17.2 Å². The van der Waals surface area contributed by atoms with Crippen LogP contribution in [0.15, 0.2) is 95.1 Å². The molecule has 0 saturated carbocycles. The lowest BCUT2D eigenvalue weighted by Crippen LogP contribution is -2.29. The van der Waals surface area contributed by atoms with Gasteiger partial charge in [0, 0.05) is 6.07 Å². The van der Waals surface area contributed by atoms with E-state index in [-0.39, 0.29) is 28.5 Å². The van der Waals surface area contributed by atoms with E-state index in [0.717, 1.165) is 5.56 Å². The zero-order valence-corrected chi connectivity index (χ0v) is 22.6.